The van der Waals surface area contributed by atoms with E-state index in [0.29, 0.717) is 40.3 Å². The number of carbonyl (C=O) groups is 1. The summed E-state index contributed by atoms with van der Waals surface area (Å²) in [7, 11) is 3.17. The lowest BCUT2D eigenvalue weighted by Crippen LogP contribution is -2.40. The second kappa shape index (κ2) is 9.50. The van der Waals surface area contributed by atoms with Crippen molar-refractivity contribution in [1.82, 2.24) is 4.90 Å². The number of hydrogen-bond acceptors (Lipinski definition) is 4. The number of hydrogen-bond donors (Lipinski definition) is 1. The highest BCUT2D eigenvalue weighted by molar-refractivity contribution is 6.35. The molecule has 1 atom stereocenters. The van der Waals surface area contributed by atoms with Crippen LogP contribution >= 0.6 is 23.2 Å². The summed E-state index contributed by atoms with van der Waals surface area (Å²) in [5, 5.41) is 4.27. The largest absolute Gasteiger partial charge is 0.497 e. The zero-order valence-corrected chi connectivity index (χ0v) is 17.5. The Hall–Kier alpha value is -1.95. The van der Waals surface area contributed by atoms with Crippen LogP contribution in [0.5, 0.6) is 11.5 Å². The van der Waals surface area contributed by atoms with E-state index in [2.05, 4.69) is 10.2 Å². The minimum absolute atomic E-state index is 0.00429. The molecule has 1 N–H and O–H groups in total. The van der Waals surface area contributed by atoms with E-state index in [1.807, 2.05) is 12.1 Å². The molecule has 0 radical (unpaired) electrons. The Morgan fingerprint density at radius 3 is 2.71 bits per heavy atom. The van der Waals surface area contributed by atoms with E-state index in [-0.39, 0.29) is 11.8 Å². The van der Waals surface area contributed by atoms with Crippen LogP contribution < -0.4 is 14.8 Å². The van der Waals surface area contributed by atoms with E-state index in [0.717, 1.165) is 24.9 Å². The van der Waals surface area contributed by atoms with Gasteiger partial charge in [-0.3, -0.25) is 9.69 Å². The van der Waals surface area contributed by atoms with Gasteiger partial charge in [0, 0.05) is 29.2 Å². The van der Waals surface area contributed by atoms with Gasteiger partial charge in [0.25, 0.3) is 0 Å². The number of likely N-dealkylation sites (tertiary alicyclic amines) is 1. The van der Waals surface area contributed by atoms with Crippen LogP contribution in [-0.2, 0) is 11.3 Å². The van der Waals surface area contributed by atoms with Crippen LogP contribution in [0.25, 0.3) is 0 Å². The van der Waals surface area contributed by atoms with Gasteiger partial charge in [0.15, 0.2) is 0 Å². The molecular weight excluding hydrogens is 399 g/mol. The molecule has 2 aromatic rings. The molecule has 0 unspecified atom stereocenters. The molecule has 2 aromatic carbocycles. The molecule has 0 bridgehead atoms. The van der Waals surface area contributed by atoms with Crippen molar-refractivity contribution in [2.45, 2.75) is 19.4 Å². The standard InChI is InChI=1S/C21H24Cl2N2O3/c1-27-17-7-8-19(20(11-17)28-2)24-21(26)15-4-3-9-25(13-15)12-14-5-6-16(22)10-18(14)23/h5-8,10-11,15H,3-4,9,12-13H2,1-2H3,(H,24,26)/t15-/m1/s1. The predicted octanol–water partition coefficient (Wildman–Crippen LogP) is 4.86. The molecule has 5 nitrogen and oxygen atoms in total. The summed E-state index contributed by atoms with van der Waals surface area (Å²) in [6.07, 6.45) is 1.82. The van der Waals surface area contributed by atoms with Gasteiger partial charge in [-0.2, -0.15) is 0 Å². The summed E-state index contributed by atoms with van der Waals surface area (Å²) in [5.41, 5.74) is 1.66. The first-order valence-electron chi connectivity index (χ1n) is 9.19. The summed E-state index contributed by atoms with van der Waals surface area (Å²) in [5.74, 6) is 1.16. The molecule has 1 heterocycles. The van der Waals surface area contributed by atoms with Crippen LogP contribution in [0.3, 0.4) is 0 Å². The van der Waals surface area contributed by atoms with Gasteiger partial charge in [0.05, 0.1) is 25.8 Å². The average Bonchev–Trinajstić information content (AvgIpc) is 2.70. The number of nitrogens with zero attached hydrogens (tertiary/aromatic N) is 1. The molecule has 0 saturated carbocycles. The Morgan fingerprint density at radius 2 is 2.00 bits per heavy atom. The number of ether oxygens (including phenoxy) is 2. The number of methoxy groups -OCH3 is 2. The van der Waals surface area contributed by atoms with Gasteiger partial charge in [-0.05, 0) is 49.2 Å². The predicted molar refractivity (Wildman–Crippen MR) is 113 cm³/mol. The Morgan fingerprint density at radius 1 is 1.18 bits per heavy atom. The van der Waals surface area contributed by atoms with Crippen LogP contribution in [0.15, 0.2) is 36.4 Å². The highest BCUT2D eigenvalue weighted by atomic mass is 35.5. The monoisotopic (exact) mass is 422 g/mol. The number of benzene rings is 2. The van der Waals surface area contributed by atoms with Crippen LogP contribution in [0.4, 0.5) is 5.69 Å². The van der Waals surface area contributed by atoms with E-state index in [1.54, 1.807) is 38.5 Å². The second-order valence-corrected chi connectivity index (χ2v) is 7.71. The van der Waals surface area contributed by atoms with Crippen LogP contribution in [0, 0.1) is 5.92 Å². The van der Waals surface area contributed by atoms with Crippen LogP contribution in [0.2, 0.25) is 10.0 Å². The van der Waals surface area contributed by atoms with E-state index < -0.39 is 0 Å². The highest BCUT2D eigenvalue weighted by Gasteiger charge is 2.26. The molecule has 1 aliphatic rings. The lowest BCUT2D eigenvalue weighted by molar-refractivity contribution is -0.121. The minimum Gasteiger partial charge on any atom is -0.497 e. The minimum atomic E-state index is -0.0911. The van der Waals surface area contributed by atoms with Crippen molar-refractivity contribution >= 4 is 34.8 Å². The van der Waals surface area contributed by atoms with Crippen molar-refractivity contribution in [3.63, 3.8) is 0 Å². The highest BCUT2D eigenvalue weighted by Crippen LogP contribution is 2.30. The molecule has 1 saturated heterocycles. The fourth-order valence-electron chi connectivity index (χ4n) is 3.44. The molecule has 1 aliphatic heterocycles. The maximum atomic E-state index is 12.8. The first-order chi connectivity index (χ1) is 13.5. The van der Waals surface area contributed by atoms with Crippen molar-refractivity contribution in [2.75, 3.05) is 32.6 Å². The molecule has 3 rings (SSSR count). The van der Waals surface area contributed by atoms with E-state index in [1.165, 1.54) is 0 Å². The quantitative estimate of drug-likeness (QED) is 0.721. The summed E-state index contributed by atoms with van der Waals surface area (Å²) in [6, 6.07) is 10.9. The number of anilines is 1. The molecule has 0 spiro atoms. The van der Waals surface area contributed by atoms with Crippen LogP contribution in [-0.4, -0.2) is 38.1 Å². The van der Waals surface area contributed by atoms with Gasteiger partial charge < -0.3 is 14.8 Å². The summed E-state index contributed by atoms with van der Waals surface area (Å²) < 4.78 is 10.6. The van der Waals surface area contributed by atoms with Gasteiger partial charge in [0.1, 0.15) is 11.5 Å². The van der Waals surface area contributed by atoms with Gasteiger partial charge in [-0.15, -0.1) is 0 Å². The number of rotatable bonds is 6. The van der Waals surface area contributed by atoms with Crippen molar-refractivity contribution in [3.8, 4) is 11.5 Å². The average molecular weight is 423 g/mol. The van der Waals surface area contributed by atoms with Crippen molar-refractivity contribution in [1.29, 1.82) is 0 Å². The van der Waals surface area contributed by atoms with E-state index in [9.17, 15) is 4.79 Å². The lowest BCUT2D eigenvalue weighted by atomic mass is 9.96. The molecule has 1 amide bonds. The fourth-order valence-corrected chi connectivity index (χ4v) is 3.91. The molecule has 7 heteroatoms. The first kappa shape index (κ1) is 20.8. The Labute approximate surface area is 175 Å². The Kier molecular flexibility index (Phi) is 7.05. The summed E-state index contributed by atoms with van der Waals surface area (Å²) >= 11 is 12.3. The summed E-state index contributed by atoms with van der Waals surface area (Å²) in [6.45, 7) is 2.32. The zero-order valence-electron chi connectivity index (χ0n) is 16.0. The molecule has 0 aromatic heterocycles. The summed E-state index contributed by atoms with van der Waals surface area (Å²) in [4.78, 5) is 15.1. The molecule has 28 heavy (non-hydrogen) atoms. The molecule has 150 valence electrons. The molecular formula is C21H24Cl2N2O3. The van der Waals surface area contributed by atoms with Crippen molar-refractivity contribution in [2.24, 2.45) is 5.92 Å². The number of carbonyl (C=O) groups excluding carboxylic acids is 1. The zero-order chi connectivity index (χ0) is 20.1. The third-order valence-electron chi connectivity index (χ3n) is 4.95. The number of halogens is 2. The Balaban J connectivity index is 1.64. The SMILES string of the molecule is COc1ccc(NC(=O)[C@@H]2CCCN(Cc3ccc(Cl)cc3Cl)C2)c(OC)c1. The van der Waals surface area contributed by atoms with Gasteiger partial charge in [-0.25, -0.2) is 0 Å². The maximum absolute atomic E-state index is 12.8. The first-order valence-corrected chi connectivity index (χ1v) is 9.95. The lowest BCUT2D eigenvalue weighted by Gasteiger charge is -2.32. The smallest absolute Gasteiger partial charge is 0.228 e. The third-order valence-corrected chi connectivity index (χ3v) is 5.54. The molecule has 0 aliphatic carbocycles. The molecule has 1 fully saturated rings. The van der Waals surface area contributed by atoms with Gasteiger partial charge in [0.2, 0.25) is 5.91 Å². The topological polar surface area (TPSA) is 50.8 Å². The van der Waals surface area contributed by atoms with Gasteiger partial charge in [-0.1, -0.05) is 29.3 Å². The fraction of sp³-hybridized carbons (Fsp3) is 0.381. The Bertz CT molecular complexity index is 844. The normalized spacial score (nSPS) is 17.2. The number of nitrogens with one attached hydrogen (secondary N) is 1. The number of amides is 1. The maximum Gasteiger partial charge on any atom is 0.228 e. The number of piperidine rings is 1. The van der Waals surface area contributed by atoms with Crippen molar-refractivity contribution < 1.29 is 14.3 Å². The van der Waals surface area contributed by atoms with Crippen LogP contribution in [0.1, 0.15) is 18.4 Å². The van der Waals surface area contributed by atoms with E-state index in [4.69, 9.17) is 32.7 Å². The van der Waals surface area contributed by atoms with E-state index >= 15 is 0 Å². The van der Waals surface area contributed by atoms with Crippen molar-refractivity contribution in [3.05, 3.63) is 52.0 Å². The van der Waals surface area contributed by atoms with Gasteiger partial charge >= 0.3 is 0 Å². The second-order valence-electron chi connectivity index (χ2n) is 6.87. The third kappa shape index (κ3) is 5.10.